The van der Waals surface area contributed by atoms with Crippen LogP contribution in [0.4, 0.5) is 0 Å². The molecule has 0 aromatic rings. The lowest BCUT2D eigenvalue weighted by Crippen LogP contribution is -2.72. The molecule has 6 saturated heterocycles. The maximum atomic E-state index is 13.2. The van der Waals surface area contributed by atoms with Crippen LogP contribution >= 0.6 is 0 Å². The molecule has 0 bridgehead atoms. The summed E-state index contributed by atoms with van der Waals surface area (Å²) >= 11 is 0. The van der Waals surface area contributed by atoms with E-state index in [2.05, 4.69) is 10.6 Å². The highest BCUT2D eigenvalue weighted by Gasteiger charge is 2.59. The number of amides is 2. The van der Waals surface area contributed by atoms with Gasteiger partial charge >= 0.3 is 0 Å². The van der Waals surface area contributed by atoms with Gasteiger partial charge in [-0.25, -0.2) is 0 Å². The van der Waals surface area contributed by atoms with E-state index < -0.39 is 228 Å². The van der Waals surface area contributed by atoms with Crippen molar-refractivity contribution in [2.75, 3.05) is 26.4 Å². The van der Waals surface area contributed by atoms with E-state index in [1.807, 2.05) is 0 Å². The number of ether oxygens (including phenoxy) is 11. The van der Waals surface area contributed by atoms with Crippen LogP contribution < -0.4 is 10.6 Å². The molecule has 6 fully saturated rings. The van der Waals surface area contributed by atoms with Crippen molar-refractivity contribution in [2.24, 2.45) is 5.41 Å². The minimum Gasteiger partial charge on any atom is -0.394 e. The molecule has 30 nitrogen and oxygen atoms in total. The average Bonchev–Trinajstić information content (AvgIpc) is 3.34. The lowest BCUT2D eigenvalue weighted by atomic mass is 9.78. The van der Waals surface area contributed by atoms with E-state index in [4.69, 9.17) is 52.1 Å². The van der Waals surface area contributed by atoms with Gasteiger partial charge in [0.05, 0.1) is 50.8 Å². The van der Waals surface area contributed by atoms with Crippen LogP contribution in [0.25, 0.3) is 0 Å². The maximum Gasteiger partial charge on any atom is 0.217 e. The maximum absolute atomic E-state index is 13.2. The quantitative estimate of drug-likeness (QED) is 0.0682. The first-order valence-electron chi connectivity index (χ1n) is 24.4. The Hall–Kier alpha value is -2.10. The molecule has 6 aliphatic heterocycles. The van der Waals surface area contributed by atoms with Crippen LogP contribution in [-0.2, 0) is 61.7 Å². The Bertz CT molecular complexity index is 1810. The van der Waals surface area contributed by atoms with Crippen LogP contribution in [-0.4, -0.2) is 299 Å². The van der Waals surface area contributed by atoms with E-state index in [9.17, 15) is 86.2 Å². The number of hydrogen-bond acceptors (Lipinski definition) is 28. The third-order valence-corrected chi connectivity index (χ3v) is 14.0. The van der Waals surface area contributed by atoms with Crippen molar-refractivity contribution in [2.45, 2.75) is 232 Å². The molecule has 0 aromatic carbocycles. The lowest BCUT2D eigenvalue weighted by molar-refractivity contribution is -0.400. The second kappa shape index (κ2) is 25.3. The van der Waals surface area contributed by atoms with Gasteiger partial charge in [0.15, 0.2) is 31.5 Å². The van der Waals surface area contributed by atoms with Gasteiger partial charge in [-0.15, -0.1) is 0 Å². The van der Waals surface area contributed by atoms with Crippen molar-refractivity contribution in [3.05, 3.63) is 0 Å². The average molecular weight is 1080 g/mol. The Kier molecular flexibility index (Phi) is 20.9. The second-order valence-corrected chi connectivity index (χ2v) is 20.6. The SMILES string of the molecule is CC(=O)NC1C(C(C)(C)C)OC(CO)[C@H](O)[C@@H]1O[C@@H]1OC(CO)[C@H](O)[C@H](O[C@@H]2OC(CO)[C@H](O[C@@H]3OC(CO)C(O)C(O)C3OC3OC(C)[C@H](O)C(O)[C@@H]3O)[C@H](O[C@H]3OC(C)[C@@H](O)[C@@H](O)C3O)C2NC(C)=O)C1O. The van der Waals surface area contributed by atoms with Crippen LogP contribution in [0.2, 0.25) is 0 Å². The predicted molar refractivity (Wildman–Crippen MR) is 237 cm³/mol. The van der Waals surface area contributed by atoms with Crippen LogP contribution in [0.3, 0.4) is 0 Å². The topological polar surface area (TPSA) is 463 Å². The molecule has 0 aliphatic carbocycles. The van der Waals surface area contributed by atoms with Gasteiger partial charge in [-0.2, -0.15) is 0 Å². The fourth-order valence-corrected chi connectivity index (χ4v) is 9.94. The molecule has 0 radical (unpaired) electrons. The zero-order chi connectivity index (χ0) is 55.0. The Labute approximate surface area is 424 Å². The molecule has 17 N–H and O–H groups in total. The molecular formula is C44H76N2O28. The summed E-state index contributed by atoms with van der Waals surface area (Å²) < 4.78 is 66.1. The first-order chi connectivity index (χ1) is 34.7. The van der Waals surface area contributed by atoms with Crippen LogP contribution in [0.15, 0.2) is 0 Å². The molecule has 30 atom stereocenters. The largest absolute Gasteiger partial charge is 0.394 e. The number of carbonyl (C=O) groups excluding carboxylic acids is 2. The normalized spacial score (nSPS) is 49.5. The molecule has 74 heavy (non-hydrogen) atoms. The minimum atomic E-state index is -2.14. The van der Waals surface area contributed by atoms with Gasteiger partial charge < -0.3 is 139 Å². The van der Waals surface area contributed by atoms with E-state index in [-0.39, 0.29) is 0 Å². The summed E-state index contributed by atoms with van der Waals surface area (Å²) in [5, 5.41) is 169. The number of nitrogens with one attached hydrogen (secondary N) is 2. The van der Waals surface area contributed by atoms with Gasteiger partial charge in [0, 0.05) is 13.8 Å². The van der Waals surface area contributed by atoms with E-state index in [1.54, 1.807) is 20.8 Å². The summed E-state index contributed by atoms with van der Waals surface area (Å²) in [7, 11) is 0. The van der Waals surface area contributed by atoms with Crippen molar-refractivity contribution in [1.29, 1.82) is 0 Å². The zero-order valence-corrected chi connectivity index (χ0v) is 41.7. The van der Waals surface area contributed by atoms with Crippen molar-refractivity contribution in [1.82, 2.24) is 10.6 Å². The standard InChI is InChI=1S/C44H76N2O28/c1-12-22(53)27(58)30(61)40(64-12)72-35-21(46-15(4)52)39(69-19(11-50)33(35)70-43-37(29(60)24(55)16(8-47)68-43)74-41-31(62)28(59)23(54)13(2)65-41)73-36-26(57)18(10-49)67-42(32(36)63)71-34-20(45-14(3)51)38(44(5,6)7)66-17(9-48)25(34)56/h12-13,16-43,47-50,53-63H,8-11H2,1-7H3,(H,45,51)(H,46,52)/t12?,13?,16?,17?,18?,19?,20?,21?,22-,23+,24?,25+,26+,27-,28?,29?,30?,31+,32?,33+,34-,35-,36+,37?,38?,39+,40-,41?,42+,43+/m1/s1. The molecule has 2 amide bonds. The van der Waals surface area contributed by atoms with E-state index in [1.165, 1.54) is 20.8 Å². The van der Waals surface area contributed by atoms with E-state index >= 15 is 0 Å². The van der Waals surface area contributed by atoms with Crippen LogP contribution in [0, 0.1) is 5.41 Å². The van der Waals surface area contributed by atoms with E-state index in [0.29, 0.717) is 0 Å². The zero-order valence-electron chi connectivity index (χ0n) is 41.7. The Morgan fingerprint density at radius 2 is 0.784 bits per heavy atom. The molecule has 430 valence electrons. The monoisotopic (exact) mass is 1080 g/mol. The Balaban J connectivity index is 1.38. The predicted octanol–water partition coefficient (Wildman–Crippen LogP) is -9.66. The molecule has 6 aliphatic rings. The molecule has 0 saturated carbocycles. The lowest BCUT2D eigenvalue weighted by Gasteiger charge is -2.52. The molecule has 16 unspecified atom stereocenters. The third-order valence-electron chi connectivity index (χ3n) is 14.0. The van der Waals surface area contributed by atoms with Gasteiger partial charge in [0.1, 0.15) is 128 Å². The second-order valence-electron chi connectivity index (χ2n) is 20.6. The van der Waals surface area contributed by atoms with Gasteiger partial charge in [0.2, 0.25) is 11.8 Å². The molecule has 0 spiro atoms. The Morgan fingerprint density at radius 1 is 0.392 bits per heavy atom. The fourth-order valence-electron chi connectivity index (χ4n) is 9.94. The number of aliphatic hydroxyl groups excluding tert-OH is 15. The van der Waals surface area contributed by atoms with Gasteiger partial charge in [-0.3, -0.25) is 9.59 Å². The van der Waals surface area contributed by atoms with E-state index in [0.717, 1.165) is 6.92 Å². The van der Waals surface area contributed by atoms with Crippen LogP contribution in [0.1, 0.15) is 48.5 Å². The summed E-state index contributed by atoms with van der Waals surface area (Å²) in [5.74, 6) is -1.45. The first-order valence-corrected chi connectivity index (χ1v) is 24.4. The summed E-state index contributed by atoms with van der Waals surface area (Å²) in [5.41, 5.74) is -0.781. The number of aliphatic hydroxyl groups is 15. The Morgan fingerprint density at radius 3 is 1.28 bits per heavy atom. The minimum absolute atomic E-state index is 0.583. The fraction of sp³-hybridized carbons (Fsp3) is 0.955. The van der Waals surface area contributed by atoms with Crippen molar-refractivity contribution >= 4 is 11.8 Å². The highest BCUT2D eigenvalue weighted by atomic mass is 16.8. The molecule has 0 aromatic heterocycles. The third kappa shape index (κ3) is 13.0. The summed E-state index contributed by atoms with van der Waals surface area (Å²) in [6, 6.07) is -3.00. The molecule has 30 heteroatoms. The summed E-state index contributed by atoms with van der Waals surface area (Å²) in [6.45, 7) is 6.39. The van der Waals surface area contributed by atoms with Crippen molar-refractivity contribution < 1.29 is 138 Å². The van der Waals surface area contributed by atoms with Gasteiger partial charge in [0.25, 0.3) is 0 Å². The summed E-state index contributed by atoms with van der Waals surface area (Å²) in [6.07, 6.45) is -49.8. The smallest absolute Gasteiger partial charge is 0.217 e. The number of rotatable bonds is 16. The van der Waals surface area contributed by atoms with Crippen molar-refractivity contribution in [3.8, 4) is 0 Å². The molecule has 6 heterocycles. The van der Waals surface area contributed by atoms with Gasteiger partial charge in [-0.1, -0.05) is 20.8 Å². The number of hydrogen-bond donors (Lipinski definition) is 17. The highest BCUT2D eigenvalue weighted by Crippen LogP contribution is 2.40. The first kappa shape index (κ1) is 61.1. The van der Waals surface area contributed by atoms with Crippen LogP contribution in [0.5, 0.6) is 0 Å². The number of carbonyl (C=O) groups is 2. The highest BCUT2D eigenvalue weighted by molar-refractivity contribution is 5.73. The molecular weight excluding hydrogens is 1000 g/mol. The van der Waals surface area contributed by atoms with Gasteiger partial charge in [-0.05, 0) is 19.3 Å². The van der Waals surface area contributed by atoms with Crippen molar-refractivity contribution in [3.63, 3.8) is 0 Å². The summed E-state index contributed by atoms with van der Waals surface area (Å²) in [4.78, 5) is 25.7. The molecule has 6 rings (SSSR count).